The van der Waals surface area contributed by atoms with Gasteiger partial charge in [-0.05, 0) is 24.6 Å². The summed E-state index contributed by atoms with van der Waals surface area (Å²) in [4.78, 5) is 15.0. The van der Waals surface area contributed by atoms with Gasteiger partial charge in [-0.15, -0.1) is 0 Å². The summed E-state index contributed by atoms with van der Waals surface area (Å²) in [7, 11) is 0. The first-order valence-electron chi connectivity index (χ1n) is 3.92. The van der Waals surface area contributed by atoms with Crippen molar-refractivity contribution in [1.29, 1.82) is 0 Å². The molecule has 0 fully saturated rings. The number of nitrogens with two attached hydrogens (primary N) is 1. The molecule has 2 aromatic heterocycles. The molecule has 2 heterocycles. The largest absolute Gasteiger partial charge is 0.351 e. The first-order chi connectivity index (χ1) is 6.18. The van der Waals surface area contributed by atoms with Crippen LogP contribution in [-0.4, -0.2) is 15.6 Å². The van der Waals surface area contributed by atoms with Crippen molar-refractivity contribution in [2.75, 3.05) is 0 Å². The molecule has 0 aliphatic heterocycles. The molecule has 0 saturated heterocycles. The van der Waals surface area contributed by atoms with Crippen LogP contribution >= 0.6 is 0 Å². The number of hydrogen-bond acceptors (Lipinski definition) is 2. The Kier molecular flexibility index (Phi) is 1.55. The Labute approximate surface area is 75.0 Å². The van der Waals surface area contributed by atoms with Crippen molar-refractivity contribution in [2.24, 2.45) is 5.73 Å². The maximum Gasteiger partial charge on any atom is 0.324 e. The van der Waals surface area contributed by atoms with Gasteiger partial charge in [-0.25, -0.2) is 9.78 Å². The van der Waals surface area contributed by atoms with Crippen molar-refractivity contribution in [3.63, 3.8) is 0 Å². The Hall–Kier alpha value is -1.84. The standard InChI is InChI=1S/C9H9N3O/c1-6-4-7-2-3-12(9(10)13)8(7)11-5-6/h2-5H,1H3,(H2,10,13). The predicted octanol–water partition coefficient (Wildman–Crippen LogP) is 1.27. The maximum absolute atomic E-state index is 10.9. The summed E-state index contributed by atoms with van der Waals surface area (Å²) < 4.78 is 1.33. The number of aromatic nitrogens is 2. The van der Waals surface area contributed by atoms with Gasteiger partial charge in [-0.1, -0.05) is 0 Å². The van der Waals surface area contributed by atoms with Gasteiger partial charge in [0.2, 0.25) is 0 Å². The molecular formula is C9H9N3O. The van der Waals surface area contributed by atoms with Crippen LogP contribution in [0.3, 0.4) is 0 Å². The Morgan fingerprint density at radius 1 is 1.62 bits per heavy atom. The lowest BCUT2D eigenvalue weighted by molar-refractivity contribution is 0.251. The molecule has 0 radical (unpaired) electrons. The van der Waals surface area contributed by atoms with Crippen molar-refractivity contribution in [2.45, 2.75) is 6.92 Å². The van der Waals surface area contributed by atoms with Crippen LogP contribution in [0, 0.1) is 6.92 Å². The first kappa shape index (κ1) is 7.79. The Balaban J connectivity index is 2.76. The molecule has 0 spiro atoms. The molecule has 0 aromatic carbocycles. The van der Waals surface area contributed by atoms with Gasteiger partial charge < -0.3 is 5.73 Å². The molecule has 0 aliphatic rings. The molecule has 0 saturated carbocycles. The minimum Gasteiger partial charge on any atom is -0.351 e. The van der Waals surface area contributed by atoms with Crippen LogP contribution < -0.4 is 5.73 Å². The number of primary amides is 1. The number of aryl methyl sites for hydroxylation is 1. The van der Waals surface area contributed by atoms with Gasteiger partial charge in [-0.3, -0.25) is 4.57 Å². The van der Waals surface area contributed by atoms with Gasteiger partial charge in [0.25, 0.3) is 0 Å². The highest BCUT2D eigenvalue weighted by atomic mass is 16.2. The van der Waals surface area contributed by atoms with Crippen LogP contribution in [0.25, 0.3) is 11.0 Å². The molecular weight excluding hydrogens is 166 g/mol. The van der Waals surface area contributed by atoms with E-state index < -0.39 is 6.03 Å². The zero-order chi connectivity index (χ0) is 9.42. The number of rotatable bonds is 0. The zero-order valence-corrected chi connectivity index (χ0v) is 7.19. The number of pyridine rings is 1. The summed E-state index contributed by atoms with van der Waals surface area (Å²) in [6.07, 6.45) is 3.33. The van der Waals surface area contributed by atoms with Crippen LogP contribution in [0.5, 0.6) is 0 Å². The number of fused-ring (bicyclic) bond motifs is 1. The molecule has 0 atom stereocenters. The van der Waals surface area contributed by atoms with Gasteiger partial charge in [0.1, 0.15) is 5.65 Å². The summed E-state index contributed by atoms with van der Waals surface area (Å²) in [6.45, 7) is 1.95. The van der Waals surface area contributed by atoms with E-state index in [1.807, 2.05) is 19.1 Å². The van der Waals surface area contributed by atoms with Crippen molar-refractivity contribution < 1.29 is 4.79 Å². The molecule has 0 unspecified atom stereocenters. The molecule has 2 aromatic rings. The van der Waals surface area contributed by atoms with E-state index in [2.05, 4.69) is 4.98 Å². The smallest absolute Gasteiger partial charge is 0.324 e. The Morgan fingerprint density at radius 3 is 3.08 bits per heavy atom. The summed E-state index contributed by atoms with van der Waals surface area (Å²) >= 11 is 0. The lowest BCUT2D eigenvalue weighted by Gasteiger charge is -1.97. The van der Waals surface area contributed by atoms with Crippen LogP contribution in [0.2, 0.25) is 0 Å². The Bertz CT molecular complexity index is 473. The van der Waals surface area contributed by atoms with E-state index in [4.69, 9.17) is 5.73 Å². The molecule has 13 heavy (non-hydrogen) atoms. The minimum absolute atomic E-state index is 0.508. The number of carbonyl (C=O) groups excluding carboxylic acids is 1. The predicted molar refractivity (Wildman–Crippen MR) is 49.5 cm³/mol. The second-order valence-electron chi connectivity index (χ2n) is 2.95. The molecule has 4 nitrogen and oxygen atoms in total. The number of nitrogens with zero attached hydrogens (tertiary/aromatic N) is 2. The summed E-state index contributed by atoms with van der Waals surface area (Å²) in [6, 6.07) is 3.27. The molecule has 2 rings (SSSR count). The fourth-order valence-corrected chi connectivity index (χ4v) is 1.31. The number of amides is 1. The monoisotopic (exact) mass is 175 g/mol. The van der Waals surface area contributed by atoms with E-state index in [1.165, 1.54) is 4.57 Å². The average Bonchev–Trinajstić information content (AvgIpc) is 2.46. The summed E-state index contributed by atoms with van der Waals surface area (Å²) in [5.41, 5.74) is 6.82. The van der Waals surface area contributed by atoms with Crippen molar-refractivity contribution in [1.82, 2.24) is 9.55 Å². The third kappa shape index (κ3) is 1.16. The fraction of sp³-hybridized carbons (Fsp3) is 0.111. The van der Waals surface area contributed by atoms with E-state index in [1.54, 1.807) is 12.4 Å². The topological polar surface area (TPSA) is 60.9 Å². The fourth-order valence-electron chi connectivity index (χ4n) is 1.31. The first-order valence-corrected chi connectivity index (χ1v) is 3.92. The van der Waals surface area contributed by atoms with Gasteiger partial charge >= 0.3 is 6.03 Å². The minimum atomic E-state index is -0.508. The van der Waals surface area contributed by atoms with Crippen LogP contribution in [0.1, 0.15) is 5.56 Å². The molecule has 0 aliphatic carbocycles. The third-order valence-corrected chi connectivity index (χ3v) is 1.90. The highest BCUT2D eigenvalue weighted by Crippen LogP contribution is 2.13. The Morgan fingerprint density at radius 2 is 2.38 bits per heavy atom. The van der Waals surface area contributed by atoms with Gasteiger partial charge in [-0.2, -0.15) is 0 Å². The molecule has 2 N–H and O–H groups in total. The van der Waals surface area contributed by atoms with E-state index >= 15 is 0 Å². The number of carbonyl (C=O) groups is 1. The second kappa shape index (κ2) is 2.58. The number of hydrogen-bond donors (Lipinski definition) is 1. The lowest BCUT2D eigenvalue weighted by Crippen LogP contribution is -2.18. The van der Waals surface area contributed by atoms with Crippen LogP contribution in [-0.2, 0) is 0 Å². The highest BCUT2D eigenvalue weighted by Gasteiger charge is 2.05. The van der Waals surface area contributed by atoms with E-state index in [9.17, 15) is 4.79 Å². The van der Waals surface area contributed by atoms with Gasteiger partial charge in [0.15, 0.2) is 0 Å². The molecule has 1 amide bonds. The normalized spacial score (nSPS) is 10.5. The quantitative estimate of drug-likeness (QED) is 0.655. The average molecular weight is 175 g/mol. The van der Waals surface area contributed by atoms with Crippen LogP contribution in [0.4, 0.5) is 4.79 Å². The summed E-state index contributed by atoms with van der Waals surface area (Å²) in [5, 5.41) is 0.929. The highest BCUT2D eigenvalue weighted by molar-refractivity contribution is 5.88. The lowest BCUT2D eigenvalue weighted by atomic mass is 10.2. The zero-order valence-electron chi connectivity index (χ0n) is 7.19. The van der Waals surface area contributed by atoms with Gasteiger partial charge in [0, 0.05) is 17.8 Å². The van der Waals surface area contributed by atoms with Crippen LogP contribution in [0.15, 0.2) is 24.5 Å². The molecule has 4 heteroatoms. The van der Waals surface area contributed by atoms with E-state index in [0.717, 1.165) is 10.9 Å². The third-order valence-electron chi connectivity index (χ3n) is 1.90. The van der Waals surface area contributed by atoms with Gasteiger partial charge in [0.05, 0.1) is 0 Å². The maximum atomic E-state index is 10.9. The van der Waals surface area contributed by atoms with Crippen molar-refractivity contribution in [3.8, 4) is 0 Å². The van der Waals surface area contributed by atoms with Crippen molar-refractivity contribution in [3.05, 3.63) is 30.1 Å². The van der Waals surface area contributed by atoms with E-state index in [-0.39, 0.29) is 0 Å². The van der Waals surface area contributed by atoms with E-state index in [0.29, 0.717) is 5.65 Å². The molecule has 0 bridgehead atoms. The SMILES string of the molecule is Cc1cnc2c(ccn2C(N)=O)c1. The molecule has 66 valence electrons. The summed E-state index contributed by atoms with van der Waals surface area (Å²) in [5.74, 6) is 0. The van der Waals surface area contributed by atoms with Crippen molar-refractivity contribution >= 4 is 17.1 Å². The second-order valence-corrected chi connectivity index (χ2v) is 2.95.